The van der Waals surface area contributed by atoms with Crippen LogP contribution in [0.3, 0.4) is 0 Å². The molecule has 4 rings (SSSR count). The molecule has 1 aromatic heterocycles. The third-order valence-electron chi connectivity index (χ3n) is 6.04. The Morgan fingerprint density at radius 1 is 1.13 bits per heavy atom. The van der Waals surface area contributed by atoms with Gasteiger partial charge in [-0.25, -0.2) is 13.4 Å². The maximum Gasteiger partial charge on any atom is 0.243 e. The Bertz CT molecular complexity index is 1160. The van der Waals surface area contributed by atoms with Crippen molar-refractivity contribution in [1.82, 2.24) is 19.6 Å². The van der Waals surface area contributed by atoms with Crippen molar-refractivity contribution in [1.29, 1.82) is 0 Å². The molecule has 0 saturated carbocycles. The SMILES string of the molecule is Cc1ccc(S(=O)(=O)N2CCC(C(=O)NCCc3nc4ccccc4[nH]3)CC2)cc1C. The van der Waals surface area contributed by atoms with Crippen molar-refractivity contribution in [2.75, 3.05) is 19.6 Å². The number of hydrogen-bond acceptors (Lipinski definition) is 4. The number of rotatable bonds is 6. The molecule has 7 nitrogen and oxygen atoms in total. The number of carbonyl (C=O) groups excluding carboxylic acids is 1. The fraction of sp³-hybridized carbons (Fsp3) is 0.391. The summed E-state index contributed by atoms with van der Waals surface area (Å²) in [5, 5.41) is 2.98. The number of carbonyl (C=O) groups is 1. The molecule has 2 heterocycles. The van der Waals surface area contributed by atoms with Gasteiger partial charge in [-0.1, -0.05) is 18.2 Å². The van der Waals surface area contributed by atoms with Gasteiger partial charge in [-0.15, -0.1) is 0 Å². The van der Waals surface area contributed by atoms with Gasteiger partial charge in [0.15, 0.2) is 0 Å². The van der Waals surface area contributed by atoms with Gasteiger partial charge in [-0.2, -0.15) is 4.31 Å². The number of aromatic amines is 1. The van der Waals surface area contributed by atoms with E-state index in [0.29, 0.717) is 43.8 Å². The zero-order valence-corrected chi connectivity index (χ0v) is 18.7. The third-order valence-corrected chi connectivity index (χ3v) is 7.93. The summed E-state index contributed by atoms with van der Waals surface area (Å²) in [4.78, 5) is 20.7. The monoisotopic (exact) mass is 440 g/mol. The van der Waals surface area contributed by atoms with E-state index < -0.39 is 10.0 Å². The molecule has 1 amide bonds. The van der Waals surface area contributed by atoms with E-state index in [1.54, 1.807) is 12.1 Å². The van der Waals surface area contributed by atoms with Gasteiger partial charge in [-0.3, -0.25) is 4.79 Å². The first-order valence-corrected chi connectivity index (χ1v) is 12.1. The number of fused-ring (bicyclic) bond motifs is 1. The molecule has 0 bridgehead atoms. The van der Waals surface area contributed by atoms with E-state index in [9.17, 15) is 13.2 Å². The van der Waals surface area contributed by atoms with E-state index in [4.69, 9.17) is 0 Å². The van der Waals surface area contributed by atoms with Crippen molar-refractivity contribution in [3.63, 3.8) is 0 Å². The van der Waals surface area contributed by atoms with Crippen molar-refractivity contribution >= 4 is 27.0 Å². The number of H-pyrrole nitrogens is 1. The lowest BCUT2D eigenvalue weighted by Crippen LogP contribution is -2.43. The van der Waals surface area contributed by atoms with Gasteiger partial charge < -0.3 is 10.3 Å². The summed E-state index contributed by atoms with van der Waals surface area (Å²) in [6.07, 6.45) is 1.68. The molecule has 3 aromatic rings. The van der Waals surface area contributed by atoms with Crippen LogP contribution in [-0.2, 0) is 21.2 Å². The Morgan fingerprint density at radius 3 is 2.58 bits per heavy atom. The molecule has 1 fully saturated rings. The van der Waals surface area contributed by atoms with Crippen LogP contribution in [0.4, 0.5) is 0 Å². The van der Waals surface area contributed by atoms with E-state index >= 15 is 0 Å². The lowest BCUT2D eigenvalue weighted by atomic mass is 9.97. The summed E-state index contributed by atoms with van der Waals surface area (Å²) in [6, 6.07) is 13.1. The van der Waals surface area contributed by atoms with Crippen molar-refractivity contribution in [3.8, 4) is 0 Å². The van der Waals surface area contributed by atoms with Gasteiger partial charge in [0, 0.05) is 32.0 Å². The van der Waals surface area contributed by atoms with Crippen molar-refractivity contribution < 1.29 is 13.2 Å². The minimum absolute atomic E-state index is 0.0145. The zero-order chi connectivity index (χ0) is 22.0. The number of imidazole rings is 1. The van der Waals surface area contributed by atoms with E-state index in [1.807, 2.05) is 44.2 Å². The maximum absolute atomic E-state index is 12.9. The molecular weight excluding hydrogens is 412 g/mol. The highest BCUT2D eigenvalue weighted by atomic mass is 32.2. The quantitative estimate of drug-likeness (QED) is 0.616. The van der Waals surface area contributed by atoms with Crippen LogP contribution in [0.2, 0.25) is 0 Å². The average Bonchev–Trinajstić information content (AvgIpc) is 3.18. The highest BCUT2D eigenvalue weighted by Gasteiger charge is 2.32. The predicted molar refractivity (Wildman–Crippen MR) is 120 cm³/mol. The largest absolute Gasteiger partial charge is 0.355 e. The topological polar surface area (TPSA) is 95.2 Å². The molecular formula is C23H28N4O3S. The lowest BCUT2D eigenvalue weighted by Gasteiger charge is -2.30. The molecule has 31 heavy (non-hydrogen) atoms. The minimum atomic E-state index is -3.53. The Hall–Kier alpha value is -2.71. The molecule has 8 heteroatoms. The van der Waals surface area contributed by atoms with Crippen molar-refractivity contribution in [2.24, 2.45) is 5.92 Å². The maximum atomic E-state index is 12.9. The summed E-state index contributed by atoms with van der Waals surface area (Å²) in [5.41, 5.74) is 3.93. The van der Waals surface area contributed by atoms with Crippen LogP contribution in [-0.4, -0.2) is 48.2 Å². The second-order valence-electron chi connectivity index (χ2n) is 8.17. The van der Waals surface area contributed by atoms with Crippen LogP contribution in [0, 0.1) is 19.8 Å². The predicted octanol–water partition coefficient (Wildman–Crippen LogP) is 2.94. The molecule has 0 aliphatic carbocycles. The first kappa shape index (κ1) is 21.5. The van der Waals surface area contributed by atoms with Gasteiger partial charge in [0.25, 0.3) is 0 Å². The zero-order valence-electron chi connectivity index (χ0n) is 17.9. The summed E-state index contributed by atoms with van der Waals surface area (Å²) >= 11 is 0. The van der Waals surface area contributed by atoms with Gasteiger partial charge in [0.05, 0.1) is 15.9 Å². The van der Waals surface area contributed by atoms with E-state index in [-0.39, 0.29) is 11.8 Å². The lowest BCUT2D eigenvalue weighted by molar-refractivity contribution is -0.126. The Balaban J connectivity index is 1.28. The number of nitrogens with zero attached hydrogens (tertiary/aromatic N) is 2. The highest BCUT2D eigenvalue weighted by Crippen LogP contribution is 2.25. The van der Waals surface area contributed by atoms with Gasteiger partial charge in [-0.05, 0) is 62.1 Å². The number of para-hydroxylation sites is 2. The van der Waals surface area contributed by atoms with Gasteiger partial charge in [0.2, 0.25) is 15.9 Å². The van der Waals surface area contributed by atoms with E-state index in [0.717, 1.165) is 28.0 Å². The van der Waals surface area contributed by atoms with Gasteiger partial charge >= 0.3 is 0 Å². The molecule has 1 aliphatic rings. The molecule has 0 atom stereocenters. The van der Waals surface area contributed by atoms with Crippen LogP contribution in [0.25, 0.3) is 11.0 Å². The summed E-state index contributed by atoms with van der Waals surface area (Å²) in [5.74, 6) is 0.664. The van der Waals surface area contributed by atoms with Crippen LogP contribution >= 0.6 is 0 Å². The third kappa shape index (κ3) is 4.65. The molecule has 2 aromatic carbocycles. The fourth-order valence-electron chi connectivity index (χ4n) is 3.95. The van der Waals surface area contributed by atoms with Crippen LogP contribution in [0.5, 0.6) is 0 Å². The number of nitrogens with one attached hydrogen (secondary N) is 2. The Kier molecular flexibility index (Phi) is 6.11. The van der Waals surface area contributed by atoms with Gasteiger partial charge in [0.1, 0.15) is 5.82 Å². The number of amides is 1. The average molecular weight is 441 g/mol. The molecule has 1 saturated heterocycles. The number of piperidine rings is 1. The molecule has 0 unspecified atom stereocenters. The van der Waals surface area contributed by atoms with Crippen LogP contribution < -0.4 is 5.32 Å². The van der Waals surface area contributed by atoms with E-state index in [2.05, 4.69) is 15.3 Å². The fourth-order valence-corrected chi connectivity index (χ4v) is 5.51. The number of sulfonamides is 1. The number of aromatic nitrogens is 2. The van der Waals surface area contributed by atoms with Crippen molar-refractivity contribution in [2.45, 2.75) is 38.0 Å². The Labute approximate surface area is 182 Å². The molecule has 2 N–H and O–H groups in total. The molecule has 0 radical (unpaired) electrons. The number of aryl methyl sites for hydroxylation is 2. The smallest absolute Gasteiger partial charge is 0.243 e. The number of benzene rings is 2. The second-order valence-corrected chi connectivity index (χ2v) is 10.1. The normalized spacial score (nSPS) is 15.9. The second kappa shape index (κ2) is 8.80. The summed E-state index contributed by atoms with van der Waals surface area (Å²) in [6.45, 7) is 5.09. The molecule has 164 valence electrons. The molecule has 1 aliphatic heterocycles. The van der Waals surface area contributed by atoms with Crippen LogP contribution in [0.15, 0.2) is 47.4 Å². The highest BCUT2D eigenvalue weighted by molar-refractivity contribution is 7.89. The number of hydrogen-bond donors (Lipinski definition) is 2. The standard InChI is InChI=1S/C23H28N4O3S/c1-16-7-8-19(15-17(16)2)31(29,30)27-13-10-18(11-14-27)23(28)24-12-9-22-25-20-5-3-4-6-21(20)26-22/h3-8,15,18H,9-14H2,1-2H3,(H,24,28)(H,25,26). The van der Waals surface area contributed by atoms with E-state index in [1.165, 1.54) is 4.31 Å². The minimum Gasteiger partial charge on any atom is -0.355 e. The first-order valence-electron chi connectivity index (χ1n) is 10.6. The Morgan fingerprint density at radius 2 is 1.87 bits per heavy atom. The summed E-state index contributed by atoms with van der Waals surface area (Å²) < 4.78 is 27.4. The summed E-state index contributed by atoms with van der Waals surface area (Å²) in [7, 11) is -3.53. The molecule has 0 spiro atoms. The van der Waals surface area contributed by atoms with Crippen LogP contribution in [0.1, 0.15) is 29.8 Å². The van der Waals surface area contributed by atoms with Crippen molar-refractivity contribution in [3.05, 3.63) is 59.4 Å². The first-order chi connectivity index (χ1) is 14.8.